The molecule has 0 spiro atoms. The summed E-state index contributed by atoms with van der Waals surface area (Å²) in [5.74, 6) is -0.755. The highest BCUT2D eigenvalue weighted by Crippen LogP contribution is 2.44. The van der Waals surface area contributed by atoms with Gasteiger partial charge < -0.3 is 24.6 Å². The van der Waals surface area contributed by atoms with Crippen LogP contribution in [-0.4, -0.2) is 37.3 Å². The molecule has 1 amide bonds. The summed E-state index contributed by atoms with van der Waals surface area (Å²) in [6, 6.07) is 8.72. The highest BCUT2D eigenvalue weighted by molar-refractivity contribution is 6.31. The van der Waals surface area contributed by atoms with E-state index in [0.29, 0.717) is 33.3 Å². The smallest absolute Gasteiger partial charge is 0.306 e. The van der Waals surface area contributed by atoms with E-state index in [1.807, 2.05) is 6.92 Å². The van der Waals surface area contributed by atoms with Gasteiger partial charge in [-0.15, -0.1) is 0 Å². The molecule has 1 aliphatic rings. The van der Waals surface area contributed by atoms with Crippen molar-refractivity contribution in [3.63, 3.8) is 0 Å². The Morgan fingerprint density at radius 3 is 2.64 bits per heavy atom. The summed E-state index contributed by atoms with van der Waals surface area (Å²) in [5, 5.41) is 12.4. The molecule has 2 atom stereocenters. The Balaban J connectivity index is 2.21. The predicted octanol–water partition coefficient (Wildman–Crippen LogP) is 3.57. The Hall–Kier alpha value is -2.77. The lowest BCUT2D eigenvalue weighted by Gasteiger charge is -2.24. The quantitative estimate of drug-likeness (QED) is 0.789. The number of aryl methyl sites for hydroxylation is 1. The van der Waals surface area contributed by atoms with Crippen LogP contribution in [0.2, 0.25) is 5.02 Å². The number of ether oxygens (including phenoxy) is 3. The van der Waals surface area contributed by atoms with Gasteiger partial charge >= 0.3 is 5.97 Å². The second kappa shape index (κ2) is 8.08. The van der Waals surface area contributed by atoms with Crippen LogP contribution in [0.15, 0.2) is 30.3 Å². The number of rotatable bonds is 5. The minimum absolute atomic E-state index is 0.432. The van der Waals surface area contributed by atoms with Gasteiger partial charge in [0.1, 0.15) is 12.2 Å². The number of fused-ring (bicyclic) bond motifs is 1. The van der Waals surface area contributed by atoms with Crippen LogP contribution in [0.1, 0.15) is 29.2 Å². The van der Waals surface area contributed by atoms with Crippen molar-refractivity contribution >= 4 is 29.2 Å². The van der Waals surface area contributed by atoms with E-state index in [9.17, 15) is 14.7 Å². The molecule has 8 heteroatoms. The van der Waals surface area contributed by atoms with Crippen molar-refractivity contribution in [2.75, 3.05) is 19.5 Å². The summed E-state index contributed by atoms with van der Waals surface area (Å²) < 4.78 is 16.9. The SMILES string of the molecule is COc1cccc([C@@H]2O[C@@H](CC(=O)O)C(=O)Nc3cc(C)c(Cl)cc32)c1OC. The van der Waals surface area contributed by atoms with E-state index in [1.165, 1.54) is 14.2 Å². The minimum atomic E-state index is -1.19. The van der Waals surface area contributed by atoms with Gasteiger partial charge in [-0.05, 0) is 30.7 Å². The third kappa shape index (κ3) is 3.76. The zero-order valence-electron chi connectivity index (χ0n) is 15.6. The molecule has 3 rings (SSSR count). The number of carboxylic acid groups (broad SMARTS) is 1. The van der Waals surface area contributed by atoms with Gasteiger partial charge in [0.25, 0.3) is 5.91 Å². The lowest BCUT2D eigenvalue weighted by atomic mass is 9.97. The fourth-order valence-corrected chi connectivity index (χ4v) is 3.37. The number of aliphatic carboxylic acids is 1. The van der Waals surface area contributed by atoms with Crippen molar-refractivity contribution in [3.05, 3.63) is 52.0 Å². The highest BCUT2D eigenvalue weighted by atomic mass is 35.5. The Kier molecular flexibility index (Phi) is 5.76. The first-order chi connectivity index (χ1) is 13.3. The number of anilines is 1. The van der Waals surface area contributed by atoms with Gasteiger partial charge in [-0.3, -0.25) is 9.59 Å². The van der Waals surface area contributed by atoms with Crippen molar-refractivity contribution < 1.29 is 28.9 Å². The van der Waals surface area contributed by atoms with E-state index < -0.39 is 30.5 Å². The first-order valence-corrected chi connectivity index (χ1v) is 8.92. The van der Waals surface area contributed by atoms with E-state index in [1.54, 1.807) is 30.3 Å². The van der Waals surface area contributed by atoms with Crippen molar-refractivity contribution in [2.24, 2.45) is 0 Å². The monoisotopic (exact) mass is 405 g/mol. The molecular formula is C20H20ClNO6. The van der Waals surface area contributed by atoms with Crippen LogP contribution in [0.5, 0.6) is 11.5 Å². The van der Waals surface area contributed by atoms with Gasteiger partial charge in [-0.2, -0.15) is 0 Å². The highest BCUT2D eigenvalue weighted by Gasteiger charge is 2.35. The zero-order chi connectivity index (χ0) is 20.4. The zero-order valence-corrected chi connectivity index (χ0v) is 16.4. The number of nitrogens with one attached hydrogen (secondary N) is 1. The number of benzene rings is 2. The van der Waals surface area contributed by atoms with Gasteiger partial charge in [0.15, 0.2) is 11.5 Å². The molecule has 0 saturated heterocycles. The van der Waals surface area contributed by atoms with Gasteiger partial charge in [0.2, 0.25) is 0 Å². The molecule has 2 N–H and O–H groups in total. The molecule has 7 nitrogen and oxygen atoms in total. The number of halogens is 1. The molecule has 0 radical (unpaired) electrons. The number of carbonyl (C=O) groups excluding carboxylic acids is 1. The minimum Gasteiger partial charge on any atom is -0.493 e. The summed E-state index contributed by atoms with van der Waals surface area (Å²) in [6.07, 6.45) is -2.46. The van der Waals surface area contributed by atoms with Crippen molar-refractivity contribution in [2.45, 2.75) is 25.6 Å². The van der Waals surface area contributed by atoms with Gasteiger partial charge in [-0.25, -0.2) is 0 Å². The van der Waals surface area contributed by atoms with Crippen LogP contribution in [0.4, 0.5) is 5.69 Å². The third-order valence-electron chi connectivity index (χ3n) is 4.54. The normalized spacial score (nSPS) is 18.6. The lowest BCUT2D eigenvalue weighted by Crippen LogP contribution is -2.31. The molecule has 2 aromatic rings. The van der Waals surface area contributed by atoms with Crippen molar-refractivity contribution in [1.82, 2.24) is 0 Å². The molecule has 28 heavy (non-hydrogen) atoms. The van der Waals surface area contributed by atoms with E-state index in [-0.39, 0.29) is 0 Å². The maximum atomic E-state index is 12.6. The maximum Gasteiger partial charge on any atom is 0.306 e. The molecule has 0 bridgehead atoms. The lowest BCUT2D eigenvalue weighted by molar-refractivity contribution is -0.146. The fourth-order valence-electron chi connectivity index (χ4n) is 3.19. The van der Waals surface area contributed by atoms with Crippen LogP contribution in [0.3, 0.4) is 0 Å². The van der Waals surface area contributed by atoms with Gasteiger partial charge in [0, 0.05) is 21.8 Å². The van der Waals surface area contributed by atoms with Crippen LogP contribution >= 0.6 is 11.6 Å². The largest absolute Gasteiger partial charge is 0.493 e. The fraction of sp³-hybridized carbons (Fsp3) is 0.300. The van der Waals surface area contributed by atoms with E-state index in [2.05, 4.69) is 5.32 Å². The summed E-state index contributed by atoms with van der Waals surface area (Å²) in [5.41, 5.74) is 2.47. The molecule has 1 heterocycles. The molecule has 0 unspecified atom stereocenters. The van der Waals surface area contributed by atoms with Gasteiger partial charge in [-0.1, -0.05) is 23.7 Å². The summed E-state index contributed by atoms with van der Waals surface area (Å²) in [7, 11) is 3.02. The molecular weight excluding hydrogens is 386 g/mol. The molecule has 0 aliphatic carbocycles. The molecule has 0 fully saturated rings. The summed E-state index contributed by atoms with van der Waals surface area (Å²) in [4.78, 5) is 23.8. The van der Waals surface area contributed by atoms with Crippen LogP contribution in [-0.2, 0) is 14.3 Å². The number of amides is 1. The van der Waals surface area contributed by atoms with E-state index in [0.717, 1.165) is 5.56 Å². The number of hydrogen-bond acceptors (Lipinski definition) is 5. The maximum absolute atomic E-state index is 12.6. The average Bonchev–Trinajstić information content (AvgIpc) is 2.78. The standard InChI is InChI=1S/C20H20ClNO6/c1-10-7-14-12(8-13(10)21)18(28-16(9-17(23)24)20(25)22-14)11-5-4-6-15(26-2)19(11)27-3/h4-8,16,18H,9H2,1-3H3,(H,22,25)(H,23,24)/t16-,18-/m0/s1. The first-order valence-electron chi connectivity index (χ1n) is 8.54. The second-order valence-corrected chi connectivity index (χ2v) is 6.77. The Bertz CT molecular complexity index is 929. The van der Waals surface area contributed by atoms with E-state index in [4.69, 9.17) is 25.8 Å². The predicted molar refractivity (Wildman–Crippen MR) is 103 cm³/mol. The van der Waals surface area contributed by atoms with Crippen LogP contribution < -0.4 is 14.8 Å². The van der Waals surface area contributed by atoms with Crippen LogP contribution in [0, 0.1) is 6.92 Å². The van der Waals surface area contributed by atoms with E-state index >= 15 is 0 Å². The molecule has 1 aliphatic heterocycles. The summed E-state index contributed by atoms with van der Waals surface area (Å²) in [6.45, 7) is 1.82. The number of carbonyl (C=O) groups is 2. The average molecular weight is 406 g/mol. The van der Waals surface area contributed by atoms with Crippen molar-refractivity contribution in [3.8, 4) is 11.5 Å². The molecule has 0 aromatic heterocycles. The number of carboxylic acids is 1. The Morgan fingerprint density at radius 1 is 1.25 bits per heavy atom. The second-order valence-electron chi connectivity index (χ2n) is 6.36. The number of methoxy groups -OCH3 is 2. The topological polar surface area (TPSA) is 94.1 Å². The Labute approximate surface area is 167 Å². The first kappa shape index (κ1) is 20.0. The van der Waals surface area contributed by atoms with Crippen molar-refractivity contribution in [1.29, 1.82) is 0 Å². The molecule has 2 aromatic carbocycles. The molecule has 0 saturated carbocycles. The summed E-state index contributed by atoms with van der Waals surface area (Å²) >= 11 is 6.32. The third-order valence-corrected chi connectivity index (χ3v) is 4.95. The van der Waals surface area contributed by atoms with Gasteiger partial charge in [0.05, 0.1) is 20.6 Å². The van der Waals surface area contributed by atoms with Crippen LogP contribution in [0.25, 0.3) is 0 Å². The Morgan fingerprint density at radius 2 is 2.00 bits per heavy atom. The number of hydrogen-bond donors (Lipinski definition) is 2. The molecule has 148 valence electrons. The number of para-hydroxylation sites is 1.